The van der Waals surface area contributed by atoms with Crippen LogP contribution < -0.4 is 0 Å². The highest BCUT2D eigenvalue weighted by Gasteiger charge is 2.33. The van der Waals surface area contributed by atoms with Gasteiger partial charge in [0.15, 0.2) is 0 Å². The minimum atomic E-state index is -4.52. The van der Waals surface area contributed by atoms with Crippen molar-refractivity contribution in [2.75, 3.05) is 19.0 Å². The molecule has 0 radical (unpaired) electrons. The summed E-state index contributed by atoms with van der Waals surface area (Å²) in [6.45, 7) is -1.68. The second-order valence-corrected chi connectivity index (χ2v) is 3.80. The van der Waals surface area contributed by atoms with Crippen molar-refractivity contribution >= 4 is 17.5 Å². The standard InChI is InChI=1S/C10H10ClF3N2O2/c11-2-4-16(6-10(12,13)14)9(18)7-1-3-15-5-8(7)17/h1,3,5,17H,2,4,6H2. The Balaban J connectivity index is 2.93. The normalized spacial score (nSPS) is 11.3. The van der Waals surface area contributed by atoms with E-state index in [1.165, 1.54) is 6.20 Å². The highest BCUT2D eigenvalue weighted by Crippen LogP contribution is 2.21. The highest BCUT2D eigenvalue weighted by molar-refractivity contribution is 6.18. The van der Waals surface area contributed by atoms with Gasteiger partial charge in [0.25, 0.3) is 5.91 Å². The lowest BCUT2D eigenvalue weighted by Gasteiger charge is -2.23. The maximum atomic E-state index is 12.3. The van der Waals surface area contributed by atoms with E-state index in [0.29, 0.717) is 4.90 Å². The second kappa shape index (κ2) is 5.90. The summed E-state index contributed by atoms with van der Waals surface area (Å²) in [6, 6.07) is 1.15. The number of nitrogens with zero attached hydrogens (tertiary/aromatic N) is 2. The molecule has 0 atom stereocenters. The fourth-order valence-electron chi connectivity index (χ4n) is 1.31. The van der Waals surface area contributed by atoms with Gasteiger partial charge in [0.05, 0.1) is 11.8 Å². The molecule has 1 rings (SSSR count). The number of halogens is 4. The monoisotopic (exact) mass is 282 g/mol. The third-order valence-electron chi connectivity index (χ3n) is 2.04. The van der Waals surface area contributed by atoms with Gasteiger partial charge in [-0.2, -0.15) is 13.2 Å². The van der Waals surface area contributed by atoms with E-state index in [1.54, 1.807) is 0 Å². The fraction of sp³-hybridized carbons (Fsp3) is 0.400. The minimum absolute atomic E-state index is 0.131. The molecule has 1 aromatic rings. The molecule has 0 aliphatic carbocycles. The van der Waals surface area contributed by atoms with Crippen molar-refractivity contribution in [2.45, 2.75) is 6.18 Å². The summed E-state index contributed by atoms with van der Waals surface area (Å²) in [5.74, 6) is -1.54. The Labute approximate surface area is 106 Å². The SMILES string of the molecule is O=C(c1ccncc1O)N(CCCl)CC(F)(F)F. The maximum absolute atomic E-state index is 12.3. The van der Waals surface area contributed by atoms with Crippen molar-refractivity contribution in [3.63, 3.8) is 0 Å². The number of amides is 1. The van der Waals surface area contributed by atoms with Crippen LogP contribution in [-0.4, -0.2) is 46.0 Å². The molecule has 1 aromatic heterocycles. The average molecular weight is 283 g/mol. The van der Waals surface area contributed by atoms with Gasteiger partial charge in [-0.3, -0.25) is 9.78 Å². The molecule has 1 N–H and O–H groups in total. The van der Waals surface area contributed by atoms with Crippen LogP contribution in [0, 0.1) is 0 Å². The van der Waals surface area contributed by atoms with E-state index < -0.39 is 24.4 Å². The van der Waals surface area contributed by atoms with Crippen LogP contribution in [0.3, 0.4) is 0 Å². The molecule has 0 saturated carbocycles. The van der Waals surface area contributed by atoms with Gasteiger partial charge in [-0.25, -0.2) is 0 Å². The molecule has 0 aliphatic heterocycles. The van der Waals surface area contributed by atoms with Gasteiger partial charge >= 0.3 is 6.18 Å². The number of alkyl halides is 4. The Morgan fingerprint density at radius 2 is 2.17 bits per heavy atom. The third kappa shape index (κ3) is 4.06. The molecule has 0 bridgehead atoms. The van der Waals surface area contributed by atoms with Gasteiger partial charge in [0, 0.05) is 18.6 Å². The van der Waals surface area contributed by atoms with Crippen LogP contribution in [0.2, 0.25) is 0 Å². The van der Waals surface area contributed by atoms with Crippen molar-refractivity contribution in [3.05, 3.63) is 24.0 Å². The Hall–Kier alpha value is -1.50. The Kier molecular flexibility index (Phi) is 4.77. The summed E-state index contributed by atoms with van der Waals surface area (Å²) in [7, 11) is 0. The summed E-state index contributed by atoms with van der Waals surface area (Å²) in [5, 5.41) is 9.37. The third-order valence-corrected chi connectivity index (χ3v) is 2.21. The highest BCUT2D eigenvalue weighted by atomic mass is 35.5. The van der Waals surface area contributed by atoms with Gasteiger partial charge in [0.2, 0.25) is 0 Å². The number of rotatable bonds is 4. The summed E-state index contributed by atoms with van der Waals surface area (Å²) in [6.07, 6.45) is -2.33. The number of carbonyl (C=O) groups excluding carboxylic acids is 1. The molecule has 0 unspecified atom stereocenters. The van der Waals surface area contributed by atoms with Gasteiger partial charge in [0.1, 0.15) is 12.3 Å². The summed E-state index contributed by atoms with van der Waals surface area (Å²) < 4.78 is 36.9. The van der Waals surface area contributed by atoms with Crippen LogP contribution in [0.5, 0.6) is 5.75 Å². The molecule has 1 amide bonds. The van der Waals surface area contributed by atoms with Crippen molar-refractivity contribution < 1.29 is 23.1 Å². The first-order valence-electron chi connectivity index (χ1n) is 4.90. The van der Waals surface area contributed by atoms with Crippen LogP contribution in [0.4, 0.5) is 13.2 Å². The number of hydrogen-bond donors (Lipinski definition) is 1. The number of aromatic nitrogens is 1. The lowest BCUT2D eigenvalue weighted by Crippen LogP contribution is -2.40. The number of carbonyl (C=O) groups is 1. The zero-order chi connectivity index (χ0) is 13.8. The Morgan fingerprint density at radius 1 is 1.50 bits per heavy atom. The van der Waals surface area contributed by atoms with Crippen LogP contribution in [-0.2, 0) is 0 Å². The molecule has 4 nitrogen and oxygen atoms in total. The van der Waals surface area contributed by atoms with Crippen LogP contribution in [0.25, 0.3) is 0 Å². The minimum Gasteiger partial charge on any atom is -0.505 e. The number of hydrogen-bond acceptors (Lipinski definition) is 3. The quantitative estimate of drug-likeness (QED) is 0.860. The maximum Gasteiger partial charge on any atom is 0.406 e. The van der Waals surface area contributed by atoms with Crippen LogP contribution in [0.15, 0.2) is 18.5 Å². The van der Waals surface area contributed by atoms with Gasteiger partial charge < -0.3 is 10.0 Å². The first-order chi connectivity index (χ1) is 8.35. The predicted octanol–water partition coefficient (Wildman–Crippen LogP) is 2.03. The molecular formula is C10H10ClF3N2O2. The topological polar surface area (TPSA) is 53.4 Å². The molecule has 0 fully saturated rings. The lowest BCUT2D eigenvalue weighted by atomic mass is 10.2. The number of pyridine rings is 1. The van der Waals surface area contributed by atoms with Crippen molar-refractivity contribution in [1.82, 2.24) is 9.88 Å². The average Bonchev–Trinajstić information content (AvgIpc) is 2.26. The smallest absolute Gasteiger partial charge is 0.406 e. The van der Waals surface area contributed by atoms with Crippen molar-refractivity contribution in [3.8, 4) is 5.75 Å². The Morgan fingerprint density at radius 3 is 2.67 bits per heavy atom. The van der Waals surface area contributed by atoms with Crippen molar-refractivity contribution in [1.29, 1.82) is 0 Å². The van der Waals surface area contributed by atoms with E-state index in [4.69, 9.17) is 11.6 Å². The molecule has 0 aliphatic rings. The second-order valence-electron chi connectivity index (χ2n) is 3.42. The van der Waals surface area contributed by atoms with E-state index in [9.17, 15) is 23.1 Å². The molecule has 18 heavy (non-hydrogen) atoms. The zero-order valence-electron chi connectivity index (χ0n) is 9.12. The number of aromatic hydroxyl groups is 1. The van der Waals surface area contributed by atoms with E-state index in [2.05, 4.69) is 4.98 Å². The summed E-state index contributed by atoms with van der Waals surface area (Å²) in [4.78, 5) is 15.9. The molecule has 0 spiro atoms. The molecule has 1 heterocycles. The van der Waals surface area contributed by atoms with Gasteiger partial charge in [-0.05, 0) is 6.07 Å². The van der Waals surface area contributed by atoms with Crippen molar-refractivity contribution in [2.24, 2.45) is 0 Å². The van der Waals surface area contributed by atoms with Gasteiger partial charge in [-0.1, -0.05) is 0 Å². The first kappa shape index (κ1) is 14.6. The van der Waals surface area contributed by atoms with Crippen LogP contribution >= 0.6 is 11.6 Å². The zero-order valence-corrected chi connectivity index (χ0v) is 9.87. The first-order valence-corrected chi connectivity index (χ1v) is 5.43. The molecule has 0 saturated heterocycles. The molecule has 8 heteroatoms. The largest absolute Gasteiger partial charge is 0.505 e. The summed E-state index contributed by atoms with van der Waals surface area (Å²) >= 11 is 5.36. The summed E-state index contributed by atoms with van der Waals surface area (Å²) in [5.41, 5.74) is -0.237. The van der Waals surface area contributed by atoms with E-state index in [1.807, 2.05) is 0 Å². The molecule has 0 aromatic carbocycles. The predicted molar refractivity (Wildman–Crippen MR) is 58.6 cm³/mol. The molecular weight excluding hydrogens is 273 g/mol. The van der Waals surface area contributed by atoms with E-state index >= 15 is 0 Å². The molecule has 100 valence electrons. The van der Waals surface area contributed by atoms with E-state index in [0.717, 1.165) is 12.3 Å². The van der Waals surface area contributed by atoms with E-state index in [-0.39, 0.29) is 18.0 Å². The van der Waals surface area contributed by atoms with Gasteiger partial charge in [-0.15, -0.1) is 11.6 Å². The fourth-order valence-corrected chi connectivity index (χ4v) is 1.51. The Bertz CT molecular complexity index is 426. The lowest BCUT2D eigenvalue weighted by molar-refractivity contribution is -0.140. The van der Waals surface area contributed by atoms with Crippen LogP contribution in [0.1, 0.15) is 10.4 Å².